The molecule has 5 nitrogen and oxygen atoms in total. The Kier molecular flexibility index (Phi) is 3.84. The molecule has 0 bridgehead atoms. The number of sulfonamides is 1. The smallest absolute Gasteiger partial charge is 0.246 e. The molecule has 0 aliphatic carbocycles. The summed E-state index contributed by atoms with van der Waals surface area (Å²) in [6.07, 6.45) is 1.49. The average Bonchev–Trinajstić information content (AvgIpc) is 2.28. The number of nitrogen functional groups attached to an aromatic ring is 1. The Labute approximate surface area is 112 Å². The van der Waals surface area contributed by atoms with Gasteiger partial charge in [-0.15, -0.1) is 0 Å². The fourth-order valence-corrected chi connectivity index (χ4v) is 5.29. The summed E-state index contributed by atoms with van der Waals surface area (Å²) in [6, 6.07) is 3.10. The maximum Gasteiger partial charge on any atom is 0.246 e. The molecule has 1 aliphatic rings. The van der Waals surface area contributed by atoms with Crippen molar-refractivity contribution in [3.8, 4) is 0 Å². The van der Waals surface area contributed by atoms with E-state index in [0.29, 0.717) is 23.6 Å². The average molecular weight is 287 g/mol. The highest BCUT2D eigenvalue weighted by Gasteiger charge is 2.33. The van der Waals surface area contributed by atoms with Gasteiger partial charge in [-0.05, 0) is 12.1 Å². The number of thioether (sulfide) groups is 1. The van der Waals surface area contributed by atoms with Crippen LogP contribution < -0.4 is 5.73 Å². The maximum absolute atomic E-state index is 12.5. The van der Waals surface area contributed by atoms with Crippen molar-refractivity contribution in [1.29, 1.82) is 0 Å². The van der Waals surface area contributed by atoms with Crippen LogP contribution in [0.15, 0.2) is 23.2 Å². The summed E-state index contributed by atoms with van der Waals surface area (Å²) in [6.45, 7) is 5.11. The van der Waals surface area contributed by atoms with Crippen LogP contribution in [0.4, 0.5) is 5.82 Å². The zero-order chi connectivity index (χ0) is 13.3. The van der Waals surface area contributed by atoms with E-state index in [-0.39, 0.29) is 10.7 Å². The number of pyridine rings is 1. The van der Waals surface area contributed by atoms with E-state index in [2.05, 4.69) is 4.98 Å². The lowest BCUT2D eigenvalue weighted by molar-refractivity contribution is 0.405. The normalized spacial score (nSPS) is 26.1. The van der Waals surface area contributed by atoms with E-state index in [1.165, 1.54) is 16.6 Å². The lowest BCUT2D eigenvalue weighted by Gasteiger charge is -2.33. The van der Waals surface area contributed by atoms with Crippen LogP contribution in [0.5, 0.6) is 0 Å². The summed E-state index contributed by atoms with van der Waals surface area (Å²) < 4.78 is 26.5. The maximum atomic E-state index is 12.5. The summed E-state index contributed by atoms with van der Waals surface area (Å²) in [4.78, 5) is 3.95. The van der Waals surface area contributed by atoms with Gasteiger partial charge in [0.25, 0.3) is 0 Å². The molecule has 18 heavy (non-hydrogen) atoms. The van der Waals surface area contributed by atoms with Gasteiger partial charge in [0.05, 0.1) is 0 Å². The molecule has 100 valence electrons. The molecule has 2 unspecified atom stereocenters. The van der Waals surface area contributed by atoms with Gasteiger partial charge in [0, 0.05) is 29.8 Å². The Morgan fingerprint density at radius 2 is 2.00 bits per heavy atom. The number of hydrogen-bond donors (Lipinski definition) is 1. The molecular weight excluding hydrogens is 270 g/mol. The van der Waals surface area contributed by atoms with E-state index in [0.717, 1.165) is 0 Å². The molecule has 1 saturated heterocycles. The van der Waals surface area contributed by atoms with Crippen LogP contribution in [0.25, 0.3) is 0 Å². The summed E-state index contributed by atoms with van der Waals surface area (Å²) in [5.41, 5.74) is 5.66. The fourth-order valence-electron chi connectivity index (χ4n) is 2.09. The summed E-state index contributed by atoms with van der Waals surface area (Å²) in [5.74, 6) is 0.0658. The van der Waals surface area contributed by atoms with Crippen molar-refractivity contribution in [1.82, 2.24) is 9.29 Å². The van der Waals surface area contributed by atoms with Crippen LogP contribution in [0.1, 0.15) is 13.8 Å². The van der Waals surface area contributed by atoms with E-state index in [1.54, 1.807) is 6.07 Å². The summed E-state index contributed by atoms with van der Waals surface area (Å²) >= 11 is 1.81. The quantitative estimate of drug-likeness (QED) is 0.884. The molecule has 2 rings (SSSR count). The minimum absolute atomic E-state index is 0.0658. The SMILES string of the molecule is CC1CN(S(=O)(=O)c2cccnc2N)CC(C)S1. The van der Waals surface area contributed by atoms with Gasteiger partial charge < -0.3 is 5.73 Å². The molecule has 7 heteroatoms. The number of hydrogen-bond acceptors (Lipinski definition) is 5. The number of rotatable bonds is 2. The molecule has 0 saturated carbocycles. The number of nitrogens with zero attached hydrogens (tertiary/aromatic N) is 2. The zero-order valence-electron chi connectivity index (χ0n) is 10.4. The molecule has 2 atom stereocenters. The standard InChI is InChI=1S/C11H17N3O2S2/c1-8-6-14(7-9(2)17-8)18(15,16)10-4-3-5-13-11(10)12/h3-5,8-9H,6-7H2,1-2H3,(H2,12,13). The van der Waals surface area contributed by atoms with Gasteiger partial charge in [0.2, 0.25) is 10.0 Å². The van der Waals surface area contributed by atoms with Crippen LogP contribution in [0.3, 0.4) is 0 Å². The van der Waals surface area contributed by atoms with Gasteiger partial charge in [-0.25, -0.2) is 13.4 Å². The van der Waals surface area contributed by atoms with Crippen molar-refractivity contribution < 1.29 is 8.42 Å². The second-order valence-corrected chi connectivity index (χ2v) is 8.25. The minimum atomic E-state index is -3.53. The van der Waals surface area contributed by atoms with Crippen LogP contribution in [-0.4, -0.2) is 41.3 Å². The molecule has 1 aliphatic heterocycles. The number of nitrogens with two attached hydrogens (primary N) is 1. The van der Waals surface area contributed by atoms with Crippen LogP contribution >= 0.6 is 11.8 Å². The van der Waals surface area contributed by atoms with Crippen molar-refractivity contribution in [2.24, 2.45) is 0 Å². The monoisotopic (exact) mass is 287 g/mol. The molecular formula is C11H17N3O2S2. The molecule has 0 radical (unpaired) electrons. The molecule has 1 aromatic heterocycles. The van der Waals surface area contributed by atoms with Crippen LogP contribution in [0.2, 0.25) is 0 Å². The number of anilines is 1. The van der Waals surface area contributed by atoms with Gasteiger partial charge in [-0.1, -0.05) is 13.8 Å². The highest BCUT2D eigenvalue weighted by molar-refractivity contribution is 8.00. The Balaban J connectivity index is 2.34. The first-order valence-electron chi connectivity index (χ1n) is 5.77. The van der Waals surface area contributed by atoms with Gasteiger partial charge in [-0.2, -0.15) is 16.1 Å². The van der Waals surface area contributed by atoms with Crippen LogP contribution in [-0.2, 0) is 10.0 Å². The molecule has 1 aromatic rings. The van der Waals surface area contributed by atoms with E-state index >= 15 is 0 Å². The molecule has 2 N–H and O–H groups in total. The minimum Gasteiger partial charge on any atom is -0.383 e. The Morgan fingerprint density at radius 1 is 1.39 bits per heavy atom. The van der Waals surface area contributed by atoms with Gasteiger partial charge in [-0.3, -0.25) is 0 Å². The molecule has 0 spiro atoms. The van der Waals surface area contributed by atoms with Gasteiger partial charge >= 0.3 is 0 Å². The Bertz CT molecular complexity index is 523. The van der Waals surface area contributed by atoms with Crippen molar-refractivity contribution in [3.63, 3.8) is 0 Å². The molecule has 2 heterocycles. The second-order valence-electron chi connectivity index (χ2n) is 4.47. The molecule has 0 aromatic carbocycles. The van der Waals surface area contributed by atoms with Crippen molar-refractivity contribution in [2.45, 2.75) is 29.2 Å². The predicted molar refractivity (Wildman–Crippen MR) is 73.9 cm³/mol. The van der Waals surface area contributed by atoms with E-state index in [4.69, 9.17) is 5.73 Å². The van der Waals surface area contributed by atoms with Crippen molar-refractivity contribution in [3.05, 3.63) is 18.3 Å². The number of aromatic nitrogens is 1. The van der Waals surface area contributed by atoms with E-state index in [9.17, 15) is 8.42 Å². The zero-order valence-corrected chi connectivity index (χ0v) is 12.0. The third kappa shape index (κ3) is 2.62. The third-order valence-electron chi connectivity index (χ3n) is 2.80. The third-order valence-corrected chi connectivity index (χ3v) is 5.91. The summed E-state index contributed by atoms with van der Waals surface area (Å²) in [5, 5.41) is 0.586. The Hall–Kier alpha value is -0.790. The van der Waals surface area contributed by atoms with Crippen molar-refractivity contribution in [2.75, 3.05) is 18.8 Å². The topological polar surface area (TPSA) is 76.3 Å². The lowest BCUT2D eigenvalue weighted by atomic mass is 10.4. The largest absolute Gasteiger partial charge is 0.383 e. The van der Waals surface area contributed by atoms with Gasteiger partial charge in [0.15, 0.2) is 0 Å². The fraction of sp³-hybridized carbons (Fsp3) is 0.545. The van der Waals surface area contributed by atoms with Crippen molar-refractivity contribution >= 4 is 27.6 Å². The molecule has 1 fully saturated rings. The predicted octanol–water partition coefficient (Wildman–Crippen LogP) is 1.18. The Morgan fingerprint density at radius 3 is 2.56 bits per heavy atom. The van der Waals surface area contributed by atoms with Gasteiger partial charge in [0.1, 0.15) is 10.7 Å². The first kappa shape index (κ1) is 13.6. The van der Waals surface area contributed by atoms with Crippen LogP contribution in [0, 0.1) is 0 Å². The highest BCUT2D eigenvalue weighted by atomic mass is 32.2. The first-order valence-corrected chi connectivity index (χ1v) is 8.15. The van der Waals surface area contributed by atoms with E-state index < -0.39 is 10.0 Å². The summed E-state index contributed by atoms with van der Waals surface area (Å²) in [7, 11) is -3.53. The van der Waals surface area contributed by atoms with E-state index in [1.807, 2.05) is 25.6 Å². The second kappa shape index (κ2) is 5.07. The molecule has 0 amide bonds. The first-order chi connectivity index (χ1) is 8.41. The highest BCUT2D eigenvalue weighted by Crippen LogP contribution is 2.29. The lowest BCUT2D eigenvalue weighted by Crippen LogP contribution is -2.44.